The largest absolute Gasteiger partial charge is 0.491 e. The molecule has 0 aliphatic heterocycles. The molecule has 0 aliphatic rings. The molecule has 0 fully saturated rings. The van der Waals surface area contributed by atoms with Crippen LogP contribution in [0.5, 0.6) is 5.75 Å². The summed E-state index contributed by atoms with van der Waals surface area (Å²) in [5.74, 6) is -0.248. The van der Waals surface area contributed by atoms with E-state index in [2.05, 4.69) is 0 Å². The van der Waals surface area contributed by atoms with E-state index < -0.39 is 6.04 Å². The van der Waals surface area contributed by atoms with Crippen molar-refractivity contribution in [2.75, 3.05) is 6.61 Å². The van der Waals surface area contributed by atoms with Crippen LogP contribution in [0.2, 0.25) is 0 Å². The lowest BCUT2D eigenvalue weighted by molar-refractivity contribution is 0.287. The molecule has 2 aromatic carbocycles. The highest BCUT2D eigenvalue weighted by Crippen LogP contribution is 2.20. The number of hydrogen-bond donors (Lipinski definition) is 1. The van der Waals surface area contributed by atoms with Crippen LogP contribution in [-0.4, -0.2) is 6.61 Å². The number of nitrogens with two attached hydrogens (primary N) is 1. The SMILES string of the molecule is Cc1ccc(F)cc1OCC(N)c1cccc(F)c1. The number of halogens is 2. The fourth-order valence-electron chi connectivity index (χ4n) is 1.74. The van der Waals surface area contributed by atoms with E-state index in [1.165, 1.54) is 24.3 Å². The molecule has 19 heavy (non-hydrogen) atoms. The van der Waals surface area contributed by atoms with Crippen molar-refractivity contribution in [3.05, 3.63) is 65.2 Å². The maximum absolute atomic E-state index is 13.1. The first-order chi connectivity index (χ1) is 9.06. The second-order valence-electron chi connectivity index (χ2n) is 4.38. The van der Waals surface area contributed by atoms with Crippen LogP contribution in [0.3, 0.4) is 0 Å². The van der Waals surface area contributed by atoms with Crippen molar-refractivity contribution in [3.63, 3.8) is 0 Å². The third-order valence-electron chi connectivity index (χ3n) is 2.85. The molecular formula is C15H15F2NO. The average molecular weight is 263 g/mol. The van der Waals surface area contributed by atoms with Gasteiger partial charge in [-0.1, -0.05) is 18.2 Å². The van der Waals surface area contributed by atoms with Gasteiger partial charge in [-0.05, 0) is 36.2 Å². The minimum Gasteiger partial charge on any atom is -0.491 e. The highest BCUT2D eigenvalue weighted by atomic mass is 19.1. The lowest BCUT2D eigenvalue weighted by atomic mass is 10.1. The Morgan fingerprint density at radius 3 is 2.58 bits per heavy atom. The van der Waals surface area contributed by atoms with Crippen LogP contribution in [0.1, 0.15) is 17.2 Å². The van der Waals surface area contributed by atoms with Crippen LogP contribution in [0.15, 0.2) is 42.5 Å². The quantitative estimate of drug-likeness (QED) is 0.918. The van der Waals surface area contributed by atoms with E-state index in [4.69, 9.17) is 10.5 Å². The monoisotopic (exact) mass is 263 g/mol. The molecule has 2 aromatic rings. The summed E-state index contributed by atoms with van der Waals surface area (Å²) in [6, 6.07) is 9.91. The van der Waals surface area contributed by atoms with Gasteiger partial charge < -0.3 is 10.5 Å². The second kappa shape index (κ2) is 5.80. The molecule has 0 amide bonds. The van der Waals surface area contributed by atoms with Gasteiger partial charge in [-0.15, -0.1) is 0 Å². The molecule has 2 N–H and O–H groups in total. The highest BCUT2D eigenvalue weighted by molar-refractivity contribution is 5.32. The molecule has 0 radical (unpaired) electrons. The Morgan fingerprint density at radius 1 is 1.11 bits per heavy atom. The maximum Gasteiger partial charge on any atom is 0.126 e. The molecule has 2 rings (SSSR count). The van der Waals surface area contributed by atoms with Gasteiger partial charge in [0.2, 0.25) is 0 Å². The summed E-state index contributed by atoms with van der Waals surface area (Å²) in [7, 11) is 0. The van der Waals surface area contributed by atoms with Gasteiger partial charge in [0.05, 0.1) is 6.04 Å². The molecule has 0 bridgehead atoms. The van der Waals surface area contributed by atoms with E-state index in [9.17, 15) is 8.78 Å². The third-order valence-corrected chi connectivity index (χ3v) is 2.85. The standard InChI is InChI=1S/C15H15F2NO/c1-10-5-6-13(17)8-15(10)19-9-14(18)11-3-2-4-12(16)7-11/h2-8,14H,9,18H2,1H3. The number of rotatable bonds is 4. The van der Waals surface area contributed by atoms with Crippen molar-refractivity contribution in [1.29, 1.82) is 0 Å². The summed E-state index contributed by atoms with van der Waals surface area (Å²) in [6.07, 6.45) is 0. The Kier molecular flexibility index (Phi) is 4.12. The predicted octanol–water partition coefficient (Wildman–Crippen LogP) is 3.35. The first kappa shape index (κ1) is 13.5. The first-order valence-corrected chi connectivity index (χ1v) is 5.96. The van der Waals surface area contributed by atoms with E-state index in [0.29, 0.717) is 11.3 Å². The molecule has 4 heteroatoms. The van der Waals surface area contributed by atoms with Crippen molar-refractivity contribution >= 4 is 0 Å². The van der Waals surface area contributed by atoms with Gasteiger partial charge in [-0.3, -0.25) is 0 Å². The fraction of sp³-hybridized carbons (Fsp3) is 0.200. The zero-order chi connectivity index (χ0) is 13.8. The maximum atomic E-state index is 13.1. The van der Waals surface area contributed by atoms with Crippen LogP contribution in [0.4, 0.5) is 8.78 Å². The molecule has 1 unspecified atom stereocenters. The van der Waals surface area contributed by atoms with E-state index in [0.717, 1.165) is 5.56 Å². The van der Waals surface area contributed by atoms with Crippen LogP contribution in [0.25, 0.3) is 0 Å². The Bertz CT molecular complexity index is 572. The van der Waals surface area contributed by atoms with E-state index in [1.54, 1.807) is 18.2 Å². The Hall–Kier alpha value is -1.94. The minimum atomic E-state index is -0.460. The van der Waals surface area contributed by atoms with E-state index in [1.807, 2.05) is 6.92 Å². The molecular weight excluding hydrogens is 248 g/mol. The molecule has 1 atom stereocenters. The first-order valence-electron chi connectivity index (χ1n) is 5.96. The summed E-state index contributed by atoms with van der Waals surface area (Å²) >= 11 is 0. The van der Waals surface area contributed by atoms with Crippen molar-refractivity contribution in [1.82, 2.24) is 0 Å². The van der Waals surface area contributed by atoms with Crippen LogP contribution < -0.4 is 10.5 Å². The van der Waals surface area contributed by atoms with Gasteiger partial charge in [0, 0.05) is 6.07 Å². The van der Waals surface area contributed by atoms with Gasteiger partial charge >= 0.3 is 0 Å². The molecule has 0 aromatic heterocycles. The lowest BCUT2D eigenvalue weighted by Gasteiger charge is -2.15. The van der Waals surface area contributed by atoms with Crippen LogP contribution >= 0.6 is 0 Å². The molecule has 0 saturated heterocycles. The predicted molar refractivity (Wildman–Crippen MR) is 70.0 cm³/mol. The smallest absolute Gasteiger partial charge is 0.126 e. The normalized spacial score (nSPS) is 12.2. The third kappa shape index (κ3) is 3.51. The lowest BCUT2D eigenvalue weighted by Crippen LogP contribution is -2.19. The summed E-state index contributed by atoms with van der Waals surface area (Å²) in [6.45, 7) is 1.98. The number of aryl methyl sites for hydroxylation is 1. The molecule has 0 heterocycles. The zero-order valence-corrected chi connectivity index (χ0v) is 10.6. The number of benzene rings is 2. The molecule has 0 aliphatic carbocycles. The average Bonchev–Trinajstić information content (AvgIpc) is 2.39. The van der Waals surface area contributed by atoms with Gasteiger partial charge in [0.25, 0.3) is 0 Å². The highest BCUT2D eigenvalue weighted by Gasteiger charge is 2.09. The summed E-state index contributed by atoms with van der Waals surface area (Å²) in [4.78, 5) is 0. The second-order valence-corrected chi connectivity index (χ2v) is 4.38. The van der Waals surface area contributed by atoms with Crippen molar-refractivity contribution < 1.29 is 13.5 Å². The van der Waals surface area contributed by atoms with Gasteiger partial charge in [0.1, 0.15) is 24.0 Å². The van der Waals surface area contributed by atoms with E-state index >= 15 is 0 Å². The Labute approximate surface area is 110 Å². The van der Waals surface area contributed by atoms with Gasteiger partial charge in [0.15, 0.2) is 0 Å². The van der Waals surface area contributed by atoms with Gasteiger partial charge in [-0.25, -0.2) is 8.78 Å². The molecule has 2 nitrogen and oxygen atoms in total. The fourth-order valence-corrected chi connectivity index (χ4v) is 1.74. The summed E-state index contributed by atoms with van der Waals surface area (Å²) in [5.41, 5.74) is 7.39. The van der Waals surface area contributed by atoms with E-state index in [-0.39, 0.29) is 18.2 Å². The Balaban J connectivity index is 2.04. The van der Waals surface area contributed by atoms with Crippen LogP contribution in [-0.2, 0) is 0 Å². The van der Waals surface area contributed by atoms with Crippen molar-refractivity contribution in [2.24, 2.45) is 5.73 Å². The van der Waals surface area contributed by atoms with Crippen molar-refractivity contribution in [3.8, 4) is 5.75 Å². The van der Waals surface area contributed by atoms with Crippen molar-refractivity contribution in [2.45, 2.75) is 13.0 Å². The number of hydrogen-bond acceptors (Lipinski definition) is 2. The number of ether oxygens (including phenoxy) is 1. The molecule has 0 spiro atoms. The zero-order valence-electron chi connectivity index (χ0n) is 10.6. The summed E-state index contributed by atoms with van der Waals surface area (Å²) < 4.78 is 31.6. The Morgan fingerprint density at radius 2 is 1.84 bits per heavy atom. The minimum absolute atomic E-state index is 0.160. The molecule has 100 valence electrons. The molecule has 0 saturated carbocycles. The topological polar surface area (TPSA) is 35.2 Å². The van der Waals surface area contributed by atoms with Crippen LogP contribution in [0, 0.1) is 18.6 Å². The van der Waals surface area contributed by atoms with Gasteiger partial charge in [-0.2, -0.15) is 0 Å². The summed E-state index contributed by atoms with van der Waals surface area (Å²) in [5, 5.41) is 0.